The summed E-state index contributed by atoms with van der Waals surface area (Å²) in [5, 5.41) is 0. The number of rotatable bonds is 2. The number of benzene rings is 1. The lowest BCUT2D eigenvalue weighted by molar-refractivity contribution is 0.220. The van der Waals surface area contributed by atoms with E-state index in [1.165, 1.54) is 35.5 Å². The standard InChI is InChI=1S/C18H26OS2/c1-13-10-14(12-15(11-13)19-5)17(4)6-7-18(16(17,2)3)20-8-9-21-18/h10-12H,6-9H2,1-5H3/t17-/m0/s1. The highest BCUT2D eigenvalue weighted by molar-refractivity contribution is 8.21. The van der Waals surface area contributed by atoms with Crippen LogP contribution in [0, 0.1) is 12.3 Å². The van der Waals surface area contributed by atoms with Gasteiger partial charge in [-0.05, 0) is 53.9 Å². The van der Waals surface area contributed by atoms with Gasteiger partial charge in [0, 0.05) is 11.5 Å². The summed E-state index contributed by atoms with van der Waals surface area (Å²) in [5.74, 6) is 3.61. The van der Waals surface area contributed by atoms with Crippen LogP contribution in [0.3, 0.4) is 0 Å². The Morgan fingerprint density at radius 3 is 2.29 bits per heavy atom. The normalized spacial score (nSPS) is 30.0. The van der Waals surface area contributed by atoms with E-state index in [0.717, 1.165) is 5.75 Å². The largest absolute Gasteiger partial charge is 0.497 e. The van der Waals surface area contributed by atoms with Gasteiger partial charge in [-0.2, -0.15) is 0 Å². The highest BCUT2D eigenvalue weighted by Crippen LogP contribution is 2.70. The Hall–Kier alpha value is -0.280. The molecule has 1 aromatic carbocycles. The quantitative estimate of drug-likeness (QED) is 0.735. The van der Waals surface area contributed by atoms with Gasteiger partial charge in [0.1, 0.15) is 5.75 Å². The van der Waals surface area contributed by atoms with E-state index in [2.05, 4.69) is 69.4 Å². The van der Waals surface area contributed by atoms with Crippen LogP contribution in [0.2, 0.25) is 0 Å². The third kappa shape index (κ3) is 2.15. The van der Waals surface area contributed by atoms with E-state index >= 15 is 0 Å². The average molecular weight is 323 g/mol. The third-order valence-electron chi connectivity index (χ3n) is 5.96. The molecular weight excluding hydrogens is 296 g/mol. The fourth-order valence-corrected chi connectivity index (χ4v) is 7.93. The van der Waals surface area contributed by atoms with E-state index in [1.807, 2.05) is 0 Å². The highest BCUT2D eigenvalue weighted by Gasteiger charge is 2.62. The fraction of sp³-hybridized carbons (Fsp3) is 0.667. The topological polar surface area (TPSA) is 9.23 Å². The molecule has 0 radical (unpaired) electrons. The molecule has 0 aromatic heterocycles. The number of hydrogen-bond acceptors (Lipinski definition) is 3. The Morgan fingerprint density at radius 2 is 1.67 bits per heavy atom. The van der Waals surface area contributed by atoms with Crippen LogP contribution in [-0.2, 0) is 5.41 Å². The van der Waals surface area contributed by atoms with E-state index < -0.39 is 0 Å². The molecular formula is C18H26OS2. The first-order valence-corrected chi connectivity index (χ1v) is 9.76. The molecule has 1 aromatic rings. The highest BCUT2D eigenvalue weighted by atomic mass is 32.2. The molecule has 0 bridgehead atoms. The van der Waals surface area contributed by atoms with Crippen LogP contribution in [0.1, 0.15) is 44.7 Å². The number of hydrogen-bond donors (Lipinski definition) is 0. The first-order valence-electron chi connectivity index (χ1n) is 7.79. The molecule has 0 amide bonds. The molecule has 1 atom stereocenters. The van der Waals surface area contributed by atoms with Gasteiger partial charge in [-0.3, -0.25) is 0 Å². The lowest BCUT2D eigenvalue weighted by Gasteiger charge is -2.47. The lowest BCUT2D eigenvalue weighted by Crippen LogP contribution is -2.44. The average Bonchev–Trinajstić information content (AvgIpc) is 3.00. The second-order valence-corrected chi connectivity index (χ2v) is 10.2. The van der Waals surface area contributed by atoms with Crippen LogP contribution < -0.4 is 4.74 Å². The molecule has 3 rings (SSSR count). The van der Waals surface area contributed by atoms with Crippen LogP contribution in [-0.4, -0.2) is 22.7 Å². The molecule has 1 spiro atoms. The zero-order valence-corrected chi connectivity index (χ0v) is 15.4. The van der Waals surface area contributed by atoms with Crippen LogP contribution in [0.4, 0.5) is 0 Å². The molecule has 21 heavy (non-hydrogen) atoms. The minimum atomic E-state index is 0.219. The zero-order chi connectivity index (χ0) is 15.3. The molecule has 2 fully saturated rings. The van der Waals surface area contributed by atoms with Gasteiger partial charge in [0.25, 0.3) is 0 Å². The molecule has 1 aliphatic carbocycles. The van der Waals surface area contributed by atoms with Gasteiger partial charge in [0.15, 0.2) is 0 Å². The van der Waals surface area contributed by atoms with E-state index in [4.69, 9.17) is 4.74 Å². The third-order valence-corrected chi connectivity index (χ3v) is 10.1. The van der Waals surface area contributed by atoms with Crippen LogP contribution in [0.25, 0.3) is 0 Å². The SMILES string of the molecule is COc1cc(C)cc([C@]2(C)CCC3(SCCS3)C2(C)C)c1. The van der Waals surface area contributed by atoms with Crippen molar-refractivity contribution in [2.45, 2.75) is 50.0 Å². The second kappa shape index (κ2) is 5.13. The van der Waals surface area contributed by atoms with Crippen molar-refractivity contribution in [3.05, 3.63) is 29.3 Å². The van der Waals surface area contributed by atoms with Gasteiger partial charge in [-0.25, -0.2) is 0 Å². The molecule has 116 valence electrons. The van der Waals surface area contributed by atoms with Gasteiger partial charge in [-0.15, -0.1) is 23.5 Å². The summed E-state index contributed by atoms with van der Waals surface area (Å²) in [7, 11) is 1.77. The molecule has 1 heterocycles. The number of ether oxygens (including phenoxy) is 1. The van der Waals surface area contributed by atoms with Gasteiger partial charge in [0.2, 0.25) is 0 Å². The summed E-state index contributed by atoms with van der Waals surface area (Å²) in [6, 6.07) is 6.76. The lowest BCUT2D eigenvalue weighted by atomic mass is 9.65. The monoisotopic (exact) mass is 322 g/mol. The molecule has 1 saturated carbocycles. The summed E-state index contributed by atoms with van der Waals surface area (Å²) in [4.78, 5) is 0. The van der Waals surface area contributed by atoms with Gasteiger partial charge >= 0.3 is 0 Å². The van der Waals surface area contributed by atoms with E-state index in [9.17, 15) is 0 Å². The Bertz CT molecular complexity index is 546. The van der Waals surface area contributed by atoms with Crippen LogP contribution in [0.5, 0.6) is 5.75 Å². The maximum Gasteiger partial charge on any atom is 0.119 e. The smallest absolute Gasteiger partial charge is 0.119 e. The fourth-order valence-electron chi connectivity index (χ4n) is 4.11. The van der Waals surface area contributed by atoms with Crippen molar-refractivity contribution in [2.24, 2.45) is 5.41 Å². The van der Waals surface area contributed by atoms with Gasteiger partial charge in [-0.1, -0.05) is 26.8 Å². The van der Waals surface area contributed by atoms with Crippen molar-refractivity contribution in [3.63, 3.8) is 0 Å². The molecule has 1 saturated heterocycles. The Morgan fingerprint density at radius 1 is 1.00 bits per heavy atom. The Balaban J connectivity index is 2.07. The Kier molecular flexibility index (Phi) is 3.81. The van der Waals surface area contributed by atoms with Gasteiger partial charge < -0.3 is 4.74 Å². The zero-order valence-electron chi connectivity index (χ0n) is 13.8. The number of methoxy groups -OCH3 is 1. The molecule has 0 unspecified atom stereocenters. The first-order chi connectivity index (χ1) is 9.85. The molecule has 3 heteroatoms. The summed E-state index contributed by atoms with van der Waals surface area (Å²) in [5.41, 5.74) is 3.25. The summed E-state index contributed by atoms with van der Waals surface area (Å²) in [6.07, 6.45) is 2.59. The number of thioether (sulfide) groups is 2. The summed E-state index contributed by atoms with van der Waals surface area (Å²) in [6.45, 7) is 9.61. The Labute approximate surface area is 137 Å². The van der Waals surface area contributed by atoms with E-state index in [0.29, 0.717) is 4.08 Å². The van der Waals surface area contributed by atoms with Crippen molar-refractivity contribution in [3.8, 4) is 5.75 Å². The van der Waals surface area contributed by atoms with Crippen LogP contribution >= 0.6 is 23.5 Å². The minimum Gasteiger partial charge on any atom is -0.497 e. The van der Waals surface area contributed by atoms with E-state index in [-0.39, 0.29) is 10.8 Å². The van der Waals surface area contributed by atoms with Crippen molar-refractivity contribution < 1.29 is 4.74 Å². The maximum absolute atomic E-state index is 5.51. The van der Waals surface area contributed by atoms with E-state index in [1.54, 1.807) is 7.11 Å². The first kappa shape index (κ1) is 15.6. The van der Waals surface area contributed by atoms with Crippen molar-refractivity contribution in [1.82, 2.24) is 0 Å². The molecule has 0 N–H and O–H groups in total. The molecule has 1 aliphatic heterocycles. The molecule has 1 nitrogen and oxygen atoms in total. The molecule has 2 aliphatic rings. The van der Waals surface area contributed by atoms with Crippen molar-refractivity contribution in [1.29, 1.82) is 0 Å². The van der Waals surface area contributed by atoms with Gasteiger partial charge in [0.05, 0.1) is 11.2 Å². The van der Waals surface area contributed by atoms with Crippen molar-refractivity contribution >= 4 is 23.5 Å². The summed E-state index contributed by atoms with van der Waals surface area (Å²) < 4.78 is 5.92. The summed E-state index contributed by atoms with van der Waals surface area (Å²) >= 11 is 4.40. The minimum absolute atomic E-state index is 0.219. The second-order valence-electron chi connectivity index (χ2n) is 7.15. The predicted molar refractivity (Wildman–Crippen MR) is 95.7 cm³/mol. The maximum atomic E-state index is 5.51. The van der Waals surface area contributed by atoms with Crippen molar-refractivity contribution in [2.75, 3.05) is 18.6 Å². The predicted octanol–water partition coefficient (Wildman–Crippen LogP) is 5.26. The number of aryl methyl sites for hydroxylation is 1. The van der Waals surface area contributed by atoms with Crippen LogP contribution in [0.15, 0.2) is 18.2 Å².